The molecule has 106 valence electrons. The lowest BCUT2D eigenvalue weighted by molar-refractivity contribution is 0.418. The van der Waals surface area contributed by atoms with Crippen LogP contribution in [0.4, 0.5) is 8.78 Å². The van der Waals surface area contributed by atoms with Crippen molar-refractivity contribution in [1.29, 1.82) is 0 Å². The molecule has 1 aromatic carbocycles. The molecule has 1 aliphatic rings. The van der Waals surface area contributed by atoms with Crippen molar-refractivity contribution in [2.24, 2.45) is 0 Å². The highest BCUT2D eigenvalue weighted by Gasteiger charge is 2.26. The number of hydrogen-bond donors (Lipinski definition) is 1. The van der Waals surface area contributed by atoms with E-state index in [-0.39, 0.29) is 23.1 Å². The van der Waals surface area contributed by atoms with Crippen LogP contribution in [-0.4, -0.2) is 26.0 Å². The van der Waals surface area contributed by atoms with Gasteiger partial charge in [-0.2, -0.15) is 0 Å². The van der Waals surface area contributed by atoms with Gasteiger partial charge in [-0.3, -0.25) is 0 Å². The van der Waals surface area contributed by atoms with Crippen LogP contribution in [0.25, 0.3) is 0 Å². The molecule has 0 saturated carbocycles. The number of rotatable bonds is 3. The Morgan fingerprint density at radius 2 is 2.11 bits per heavy atom. The minimum Gasteiger partial charge on any atom is -0.306 e. The molecule has 2 rings (SSSR count). The Bertz CT molecular complexity index is 560. The number of nitrogens with one attached hydrogen (secondary N) is 1. The van der Waals surface area contributed by atoms with Crippen molar-refractivity contribution in [2.45, 2.75) is 31.8 Å². The largest absolute Gasteiger partial charge is 0.306 e. The summed E-state index contributed by atoms with van der Waals surface area (Å²) in [5.41, 5.74) is 0.225. The van der Waals surface area contributed by atoms with Gasteiger partial charge < -0.3 is 5.32 Å². The molecule has 1 saturated heterocycles. The van der Waals surface area contributed by atoms with E-state index in [9.17, 15) is 17.2 Å². The van der Waals surface area contributed by atoms with E-state index in [1.54, 1.807) is 6.92 Å². The van der Waals surface area contributed by atoms with Gasteiger partial charge in [0.1, 0.15) is 0 Å². The molecule has 0 radical (unpaired) electrons. The van der Waals surface area contributed by atoms with Crippen LogP contribution < -0.4 is 5.32 Å². The van der Waals surface area contributed by atoms with Gasteiger partial charge in [-0.1, -0.05) is 12.1 Å². The van der Waals surface area contributed by atoms with Gasteiger partial charge in [0.05, 0.1) is 11.5 Å². The highest BCUT2D eigenvalue weighted by Crippen LogP contribution is 2.21. The lowest BCUT2D eigenvalue weighted by Gasteiger charge is -2.27. The highest BCUT2D eigenvalue weighted by molar-refractivity contribution is 7.91. The van der Waals surface area contributed by atoms with Gasteiger partial charge in [0.2, 0.25) is 0 Å². The fourth-order valence-electron chi connectivity index (χ4n) is 2.45. The van der Waals surface area contributed by atoms with Gasteiger partial charge in [-0.25, -0.2) is 17.2 Å². The predicted octanol–water partition coefficient (Wildman–Crippen LogP) is 2.19. The molecule has 2 atom stereocenters. The van der Waals surface area contributed by atoms with E-state index in [0.29, 0.717) is 6.42 Å². The standard InChI is InChI=1S/C13H17F2NO2S/c1-9(11-5-2-6-12(14)13(11)15)16-10-4-3-7-19(17,18)8-10/h2,5-6,9-10,16H,3-4,7-8H2,1H3. The first-order chi connectivity index (χ1) is 8.89. The molecule has 6 heteroatoms. The highest BCUT2D eigenvalue weighted by atomic mass is 32.2. The molecule has 0 bridgehead atoms. The second-order valence-corrected chi connectivity index (χ2v) is 7.21. The van der Waals surface area contributed by atoms with E-state index in [1.165, 1.54) is 12.1 Å². The molecule has 19 heavy (non-hydrogen) atoms. The molecule has 1 aromatic rings. The second kappa shape index (κ2) is 5.54. The van der Waals surface area contributed by atoms with Crippen LogP contribution in [-0.2, 0) is 9.84 Å². The SMILES string of the molecule is CC(NC1CCCS(=O)(=O)C1)c1cccc(F)c1F. The van der Waals surface area contributed by atoms with Gasteiger partial charge in [0, 0.05) is 17.6 Å². The van der Waals surface area contributed by atoms with Gasteiger partial charge in [0.25, 0.3) is 0 Å². The Morgan fingerprint density at radius 3 is 2.79 bits per heavy atom. The van der Waals surface area contributed by atoms with Crippen LogP contribution in [0.5, 0.6) is 0 Å². The smallest absolute Gasteiger partial charge is 0.163 e. The average molecular weight is 289 g/mol. The summed E-state index contributed by atoms with van der Waals surface area (Å²) in [7, 11) is -3.01. The van der Waals surface area contributed by atoms with Crippen LogP contribution in [0.2, 0.25) is 0 Å². The van der Waals surface area contributed by atoms with E-state index >= 15 is 0 Å². The molecule has 1 N–H and O–H groups in total. The molecule has 0 aromatic heterocycles. The van der Waals surface area contributed by atoms with Gasteiger partial charge in [-0.05, 0) is 25.8 Å². The summed E-state index contributed by atoms with van der Waals surface area (Å²) in [4.78, 5) is 0. The van der Waals surface area contributed by atoms with Crippen LogP contribution in [0.3, 0.4) is 0 Å². The Labute approximate surface area is 111 Å². The first-order valence-corrected chi connectivity index (χ1v) is 8.11. The molecule has 0 amide bonds. The summed E-state index contributed by atoms with van der Waals surface area (Å²) in [5, 5.41) is 3.07. The number of benzene rings is 1. The maximum absolute atomic E-state index is 13.6. The molecule has 0 aliphatic carbocycles. The zero-order valence-corrected chi connectivity index (χ0v) is 11.5. The van der Waals surface area contributed by atoms with Crippen molar-refractivity contribution >= 4 is 9.84 Å². The zero-order chi connectivity index (χ0) is 14.0. The third-order valence-electron chi connectivity index (χ3n) is 3.40. The van der Waals surface area contributed by atoms with Crippen molar-refractivity contribution in [1.82, 2.24) is 5.32 Å². The van der Waals surface area contributed by atoms with Crippen molar-refractivity contribution in [3.63, 3.8) is 0 Å². The Hall–Kier alpha value is -1.01. The second-order valence-electron chi connectivity index (χ2n) is 4.98. The molecular weight excluding hydrogens is 272 g/mol. The van der Waals surface area contributed by atoms with E-state index in [2.05, 4.69) is 5.32 Å². The summed E-state index contributed by atoms with van der Waals surface area (Å²) in [6.45, 7) is 1.71. The van der Waals surface area contributed by atoms with Gasteiger partial charge in [0.15, 0.2) is 21.5 Å². The maximum Gasteiger partial charge on any atom is 0.163 e. The molecule has 2 unspecified atom stereocenters. The normalized spacial score (nSPS) is 24.1. The van der Waals surface area contributed by atoms with E-state index in [0.717, 1.165) is 12.5 Å². The maximum atomic E-state index is 13.6. The van der Waals surface area contributed by atoms with E-state index < -0.39 is 27.5 Å². The summed E-state index contributed by atoms with van der Waals surface area (Å²) in [6, 6.07) is 3.40. The molecule has 1 heterocycles. The van der Waals surface area contributed by atoms with Crippen LogP contribution >= 0.6 is 0 Å². The predicted molar refractivity (Wildman–Crippen MR) is 69.6 cm³/mol. The minimum absolute atomic E-state index is 0.0638. The molecular formula is C13H17F2NO2S. The number of halogens is 2. The summed E-state index contributed by atoms with van der Waals surface area (Å²) >= 11 is 0. The fraction of sp³-hybridized carbons (Fsp3) is 0.538. The first-order valence-electron chi connectivity index (χ1n) is 6.29. The van der Waals surface area contributed by atoms with E-state index in [4.69, 9.17) is 0 Å². The summed E-state index contributed by atoms with van der Waals surface area (Å²) in [6.07, 6.45) is 1.35. The van der Waals surface area contributed by atoms with Crippen LogP contribution in [0.1, 0.15) is 31.4 Å². The van der Waals surface area contributed by atoms with Crippen molar-refractivity contribution < 1.29 is 17.2 Å². The lowest BCUT2D eigenvalue weighted by atomic mass is 10.1. The number of sulfone groups is 1. The van der Waals surface area contributed by atoms with Crippen LogP contribution in [0.15, 0.2) is 18.2 Å². The average Bonchev–Trinajstić information content (AvgIpc) is 2.31. The third kappa shape index (κ3) is 3.51. The van der Waals surface area contributed by atoms with Crippen molar-refractivity contribution in [2.75, 3.05) is 11.5 Å². The monoisotopic (exact) mass is 289 g/mol. The molecule has 3 nitrogen and oxygen atoms in total. The fourth-order valence-corrected chi connectivity index (χ4v) is 4.10. The molecule has 0 spiro atoms. The van der Waals surface area contributed by atoms with Gasteiger partial charge in [-0.15, -0.1) is 0 Å². The Kier molecular flexibility index (Phi) is 4.20. The first kappa shape index (κ1) is 14.4. The minimum atomic E-state index is -3.01. The summed E-state index contributed by atoms with van der Waals surface area (Å²) in [5.74, 6) is -1.48. The lowest BCUT2D eigenvalue weighted by Crippen LogP contribution is -2.41. The van der Waals surface area contributed by atoms with Crippen molar-refractivity contribution in [3.8, 4) is 0 Å². The Balaban J connectivity index is 2.09. The van der Waals surface area contributed by atoms with Crippen molar-refractivity contribution in [3.05, 3.63) is 35.4 Å². The zero-order valence-electron chi connectivity index (χ0n) is 10.7. The quantitative estimate of drug-likeness (QED) is 0.928. The molecule has 1 aliphatic heterocycles. The van der Waals surface area contributed by atoms with Crippen LogP contribution in [0, 0.1) is 11.6 Å². The number of hydrogen-bond acceptors (Lipinski definition) is 3. The topological polar surface area (TPSA) is 46.2 Å². The third-order valence-corrected chi connectivity index (χ3v) is 5.22. The van der Waals surface area contributed by atoms with Gasteiger partial charge >= 0.3 is 0 Å². The van der Waals surface area contributed by atoms with E-state index in [1.807, 2.05) is 0 Å². The summed E-state index contributed by atoms with van der Waals surface area (Å²) < 4.78 is 49.8. The molecule has 1 fully saturated rings. The Morgan fingerprint density at radius 1 is 1.37 bits per heavy atom.